The Kier molecular flexibility index (Phi) is 3.94. The molecule has 3 N–H and O–H groups in total. The third kappa shape index (κ3) is 2.30. The molecule has 1 fully saturated rings. The molecular weight excluding hydrogens is 336 g/mol. The van der Waals surface area contributed by atoms with E-state index in [1.165, 1.54) is 17.2 Å². The third-order valence-corrected chi connectivity index (χ3v) is 4.59. The second-order valence-corrected chi connectivity index (χ2v) is 6.02. The molecule has 26 heavy (non-hydrogen) atoms. The molecule has 4 rings (SSSR count). The summed E-state index contributed by atoms with van der Waals surface area (Å²) in [4.78, 5) is 12.9. The molecule has 1 saturated heterocycles. The van der Waals surface area contributed by atoms with Crippen LogP contribution in [0.5, 0.6) is 0 Å². The van der Waals surface area contributed by atoms with Crippen molar-refractivity contribution in [2.75, 3.05) is 6.61 Å². The Balaban J connectivity index is 1.81. The van der Waals surface area contributed by atoms with E-state index in [1.807, 2.05) is 30.3 Å². The average molecular weight is 352 g/mol. The van der Waals surface area contributed by atoms with Gasteiger partial charge in [0, 0.05) is 5.56 Å². The molecule has 0 spiro atoms. The minimum atomic E-state index is -2.01. The summed E-state index contributed by atoms with van der Waals surface area (Å²) < 4.78 is 7.08. The van der Waals surface area contributed by atoms with Gasteiger partial charge in [-0.15, -0.1) is 6.42 Å². The lowest BCUT2D eigenvalue weighted by atomic mass is 9.93. The van der Waals surface area contributed by atoms with Crippen molar-refractivity contribution >= 4 is 11.2 Å². The van der Waals surface area contributed by atoms with Crippen molar-refractivity contribution in [2.45, 2.75) is 24.0 Å². The maximum absolute atomic E-state index is 10.5. The molecule has 3 aromatic rings. The molecule has 8 heteroatoms. The molecular formula is C18H16N4O4. The van der Waals surface area contributed by atoms with Crippen molar-refractivity contribution in [2.24, 2.45) is 0 Å². The smallest absolute Gasteiger partial charge is 0.183 e. The van der Waals surface area contributed by atoms with Gasteiger partial charge in [-0.2, -0.15) is 0 Å². The fourth-order valence-corrected chi connectivity index (χ4v) is 3.18. The van der Waals surface area contributed by atoms with Crippen LogP contribution in [0.15, 0.2) is 43.0 Å². The van der Waals surface area contributed by atoms with Crippen LogP contribution in [0.2, 0.25) is 0 Å². The summed E-state index contributed by atoms with van der Waals surface area (Å²) in [6.07, 6.45) is 4.55. The topological polar surface area (TPSA) is 114 Å². The van der Waals surface area contributed by atoms with Gasteiger partial charge in [0.15, 0.2) is 17.5 Å². The highest BCUT2D eigenvalue weighted by molar-refractivity contribution is 5.87. The lowest BCUT2D eigenvalue weighted by Gasteiger charge is -2.23. The second kappa shape index (κ2) is 6.16. The molecule has 0 saturated carbocycles. The lowest BCUT2D eigenvalue weighted by Crippen LogP contribution is -2.47. The number of benzene rings is 1. The van der Waals surface area contributed by atoms with Crippen LogP contribution in [-0.2, 0) is 4.74 Å². The van der Waals surface area contributed by atoms with Gasteiger partial charge in [-0.05, 0) is 0 Å². The second-order valence-electron chi connectivity index (χ2n) is 6.02. The standard InChI is InChI=1S/C18H16N4O4/c1-2-18(25)12(8-23)26-17(15(18)24)22-10-21-14-13(19-9-20-16(14)22)11-6-4-3-5-7-11/h1,3-7,9-10,12,15,17,23-25H,8H2/t12-,15+,17-,18-/m1/s1. The molecule has 1 aliphatic rings. The zero-order chi connectivity index (χ0) is 18.3. The Hall–Kier alpha value is -2.83. The first-order chi connectivity index (χ1) is 12.6. The van der Waals surface area contributed by atoms with Gasteiger partial charge in [0.05, 0.1) is 12.9 Å². The maximum Gasteiger partial charge on any atom is 0.183 e. The summed E-state index contributed by atoms with van der Waals surface area (Å²) in [6, 6.07) is 9.49. The molecule has 132 valence electrons. The van der Waals surface area contributed by atoms with Crippen LogP contribution in [0.25, 0.3) is 22.4 Å². The Labute approximate surface area is 148 Å². The monoisotopic (exact) mass is 352 g/mol. The van der Waals surface area contributed by atoms with E-state index in [0.29, 0.717) is 16.9 Å². The van der Waals surface area contributed by atoms with E-state index < -0.39 is 30.6 Å². The molecule has 0 bridgehead atoms. The van der Waals surface area contributed by atoms with Gasteiger partial charge >= 0.3 is 0 Å². The van der Waals surface area contributed by atoms with Gasteiger partial charge in [-0.25, -0.2) is 15.0 Å². The lowest BCUT2D eigenvalue weighted by molar-refractivity contribution is -0.0605. The summed E-state index contributed by atoms with van der Waals surface area (Å²) in [5.74, 6) is 2.12. The number of aromatic nitrogens is 4. The van der Waals surface area contributed by atoms with Crippen molar-refractivity contribution in [1.29, 1.82) is 0 Å². The summed E-state index contributed by atoms with van der Waals surface area (Å²) in [7, 11) is 0. The normalized spacial score (nSPS) is 28.3. The summed E-state index contributed by atoms with van der Waals surface area (Å²) in [5.41, 5.74) is 0.428. The number of hydrogen-bond donors (Lipinski definition) is 3. The van der Waals surface area contributed by atoms with E-state index in [1.54, 1.807) is 0 Å². The highest BCUT2D eigenvalue weighted by Gasteiger charge is 2.55. The van der Waals surface area contributed by atoms with Crippen LogP contribution in [0.1, 0.15) is 6.23 Å². The Morgan fingerprint density at radius 3 is 2.65 bits per heavy atom. The molecule has 0 aliphatic carbocycles. The van der Waals surface area contributed by atoms with Crippen LogP contribution in [0, 0.1) is 12.3 Å². The van der Waals surface area contributed by atoms with Gasteiger partial charge in [0.2, 0.25) is 0 Å². The zero-order valence-electron chi connectivity index (χ0n) is 13.6. The van der Waals surface area contributed by atoms with Crippen LogP contribution in [0.4, 0.5) is 0 Å². The number of rotatable bonds is 3. The molecule has 4 atom stereocenters. The summed E-state index contributed by atoms with van der Waals surface area (Å²) in [5, 5.41) is 30.4. The minimum absolute atomic E-state index is 0.417. The molecule has 1 aliphatic heterocycles. The number of fused-ring (bicyclic) bond motifs is 1. The van der Waals surface area contributed by atoms with E-state index >= 15 is 0 Å². The number of aliphatic hydroxyl groups excluding tert-OH is 2. The first-order valence-electron chi connectivity index (χ1n) is 7.97. The SMILES string of the molecule is C#C[C@@]1(O)[C@@H](CO)O[C@@H](n2cnc3c(-c4ccccc4)ncnc32)[C@@H]1O. The van der Waals surface area contributed by atoms with E-state index in [9.17, 15) is 15.3 Å². The van der Waals surface area contributed by atoms with Crippen LogP contribution in [0.3, 0.4) is 0 Å². The number of terminal acetylenes is 1. The predicted molar refractivity (Wildman–Crippen MR) is 91.5 cm³/mol. The highest BCUT2D eigenvalue weighted by atomic mass is 16.6. The van der Waals surface area contributed by atoms with Gasteiger partial charge in [0.25, 0.3) is 0 Å². The van der Waals surface area contributed by atoms with Crippen LogP contribution >= 0.6 is 0 Å². The van der Waals surface area contributed by atoms with E-state index in [-0.39, 0.29) is 0 Å². The van der Waals surface area contributed by atoms with Crippen LogP contribution < -0.4 is 0 Å². The predicted octanol–water partition coefficient (Wildman–Crippen LogP) is 0.108. The Morgan fingerprint density at radius 2 is 2.00 bits per heavy atom. The first-order valence-corrected chi connectivity index (χ1v) is 7.97. The molecule has 0 unspecified atom stereocenters. The molecule has 8 nitrogen and oxygen atoms in total. The maximum atomic E-state index is 10.5. The molecule has 0 radical (unpaired) electrons. The molecule has 0 amide bonds. The molecule has 3 heterocycles. The quantitative estimate of drug-likeness (QED) is 0.573. The Morgan fingerprint density at radius 1 is 1.23 bits per heavy atom. The largest absolute Gasteiger partial charge is 0.394 e. The van der Waals surface area contributed by atoms with E-state index in [2.05, 4.69) is 20.9 Å². The van der Waals surface area contributed by atoms with Crippen molar-refractivity contribution in [3.63, 3.8) is 0 Å². The average Bonchev–Trinajstić information content (AvgIpc) is 3.22. The van der Waals surface area contributed by atoms with Gasteiger partial charge in [0.1, 0.15) is 29.7 Å². The number of hydrogen-bond acceptors (Lipinski definition) is 7. The fraction of sp³-hybridized carbons (Fsp3) is 0.278. The molecule has 2 aromatic heterocycles. The first kappa shape index (κ1) is 16.6. The minimum Gasteiger partial charge on any atom is -0.394 e. The van der Waals surface area contributed by atoms with Crippen molar-refractivity contribution in [1.82, 2.24) is 19.5 Å². The van der Waals surface area contributed by atoms with Crippen molar-refractivity contribution in [3.8, 4) is 23.6 Å². The third-order valence-electron chi connectivity index (χ3n) is 4.59. The highest BCUT2D eigenvalue weighted by Crippen LogP contribution is 2.38. The van der Waals surface area contributed by atoms with E-state index in [4.69, 9.17) is 11.2 Å². The van der Waals surface area contributed by atoms with Crippen LogP contribution in [-0.4, -0.2) is 59.3 Å². The summed E-state index contributed by atoms with van der Waals surface area (Å²) in [6.45, 7) is -0.537. The fourth-order valence-electron chi connectivity index (χ4n) is 3.18. The Bertz CT molecular complexity index is 984. The van der Waals surface area contributed by atoms with Crippen molar-refractivity contribution < 1.29 is 20.1 Å². The van der Waals surface area contributed by atoms with Crippen molar-refractivity contribution in [3.05, 3.63) is 43.0 Å². The van der Waals surface area contributed by atoms with Gasteiger partial charge < -0.3 is 20.1 Å². The van der Waals surface area contributed by atoms with E-state index in [0.717, 1.165) is 5.56 Å². The summed E-state index contributed by atoms with van der Waals surface area (Å²) >= 11 is 0. The number of nitrogens with zero attached hydrogens (tertiary/aromatic N) is 4. The zero-order valence-corrected chi connectivity index (χ0v) is 13.6. The van der Waals surface area contributed by atoms with Gasteiger partial charge in [-0.1, -0.05) is 36.3 Å². The number of ether oxygens (including phenoxy) is 1. The number of aliphatic hydroxyl groups is 3. The number of imidazole rings is 1. The molecule has 1 aromatic carbocycles. The van der Waals surface area contributed by atoms with Gasteiger partial charge in [-0.3, -0.25) is 4.57 Å².